The molecular formula is C26H24N2O5. The van der Waals surface area contributed by atoms with E-state index in [9.17, 15) is 9.90 Å². The van der Waals surface area contributed by atoms with Crippen LogP contribution in [0.15, 0.2) is 79.0 Å². The Hall–Kier alpha value is -4.26. The second kappa shape index (κ2) is 9.91. The second-order valence-corrected chi connectivity index (χ2v) is 7.30. The molecule has 0 atom stereocenters. The first kappa shape index (κ1) is 22.0. The van der Waals surface area contributed by atoms with E-state index in [2.05, 4.69) is 4.98 Å². The van der Waals surface area contributed by atoms with E-state index in [-0.39, 0.29) is 0 Å². The van der Waals surface area contributed by atoms with Gasteiger partial charge < -0.3 is 19.3 Å². The predicted molar refractivity (Wildman–Crippen MR) is 127 cm³/mol. The first-order chi connectivity index (χ1) is 16.1. The lowest BCUT2D eigenvalue weighted by Gasteiger charge is -2.20. The zero-order chi connectivity index (χ0) is 23.2. The summed E-state index contributed by atoms with van der Waals surface area (Å²) in [5.74, 6) is 2.35. The van der Waals surface area contributed by atoms with Crippen LogP contribution in [0, 0.1) is 0 Å². The molecule has 4 aromatic rings. The zero-order valence-corrected chi connectivity index (χ0v) is 18.4. The molecule has 1 aromatic heterocycles. The molecule has 0 aliphatic heterocycles. The van der Waals surface area contributed by atoms with Crippen molar-refractivity contribution in [3.63, 3.8) is 0 Å². The Labute approximate surface area is 191 Å². The van der Waals surface area contributed by atoms with Crippen molar-refractivity contribution >= 4 is 22.7 Å². The van der Waals surface area contributed by atoms with Crippen LogP contribution in [0.25, 0.3) is 10.9 Å². The highest BCUT2D eigenvalue weighted by Crippen LogP contribution is 2.37. The lowest BCUT2D eigenvalue weighted by atomic mass is 10.1. The Morgan fingerprint density at radius 3 is 2.27 bits per heavy atom. The van der Waals surface area contributed by atoms with Crippen molar-refractivity contribution in [3.05, 3.63) is 84.6 Å². The van der Waals surface area contributed by atoms with E-state index in [1.807, 2.05) is 36.4 Å². The van der Waals surface area contributed by atoms with Gasteiger partial charge in [0.05, 0.1) is 19.7 Å². The van der Waals surface area contributed by atoms with Crippen LogP contribution >= 0.6 is 0 Å². The molecule has 0 unspecified atom stereocenters. The Morgan fingerprint density at radius 2 is 1.61 bits per heavy atom. The van der Waals surface area contributed by atoms with Gasteiger partial charge in [0, 0.05) is 29.9 Å². The third kappa shape index (κ3) is 4.98. The van der Waals surface area contributed by atoms with Crippen LogP contribution in [-0.4, -0.2) is 36.9 Å². The van der Waals surface area contributed by atoms with Gasteiger partial charge in [0.1, 0.15) is 11.5 Å². The predicted octanol–water partition coefficient (Wildman–Crippen LogP) is 5.77. The molecule has 0 aliphatic rings. The van der Waals surface area contributed by atoms with E-state index >= 15 is 0 Å². The summed E-state index contributed by atoms with van der Waals surface area (Å²) in [5, 5.41) is 10.5. The number of fused-ring (bicyclic) bond motifs is 1. The summed E-state index contributed by atoms with van der Waals surface area (Å²) in [6.45, 7) is 0.357. The molecule has 33 heavy (non-hydrogen) atoms. The highest BCUT2D eigenvalue weighted by Gasteiger charge is 2.15. The van der Waals surface area contributed by atoms with E-state index in [1.54, 1.807) is 56.8 Å². The molecule has 0 saturated heterocycles. The number of carbonyl (C=O) groups is 1. The molecular weight excluding hydrogens is 420 g/mol. The summed E-state index contributed by atoms with van der Waals surface area (Å²) in [4.78, 5) is 17.5. The standard InChI is InChI=1S/C26H24N2O5/c1-31-24-16-21-22(17-25(24)32-2)27-14-12-23(21)33-20-10-8-19(9-11-20)28(26(29)30)15-13-18-6-4-3-5-7-18/h3-12,14,16-17H,13,15H2,1-2H3,(H,29,30). The minimum atomic E-state index is -0.999. The van der Waals surface area contributed by atoms with Gasteiger partial charge in [-0.3, -0.25) is 9.88 Å². The van der Waals surface area contributed by atoms with Crippen molar-refractivity contribution in [2.45, 2.75) is 6.42 Å². The Kier molecular flexibility index (Phi) is 6.59. The van der Waals surface area contributed by atoms with E-state index in [0.717, 1.165) is 10.9 Å². The summed E-state index contributed by atoms with van der Waals surface area (Å²) >= 11 is 0. The molecule has 1 amide bonds. The van der Waals surface area contributed by atoms with Crippen molar-refractivity contribution in [3.8, 4) is 23.0 Å². The van der Waals surface area contributed by atoms with Gasteiger partial charge in [0.25, 0.3) is 0 Å². The topological polar surface area (TPSA) is 81.1 Å². The van der Waals surface area contributed by atoms with Gasteiger partial charge in [0.2, 0.25) is 0 Å². The van der Waals surface area contributed by atoms with Crippen LogP contribution in [0.4, 0.5) is 10.5 Å². The summed E-state index contributed by atoms with van der Waals surface area (Å²) < 4.78 is 16.8. The molecule has 1 heterocycles. The maximum Gasteiger partial charge on any atom is 0.411 e. The minimum absolute atomic E-state index is 0.357. The fourth-order valence-corrected chi connectivity index (χ4v) is 3.58. The molecule has 0 radical (unpaired) electrons. The second-order valence-electron chi connectivity index (χ2n) is 7.30. The summed E-state index contributed by atoms with van der Waals surface area (Å²) in [6, 6.07) is 22.2. The summed E-state index contributed by atoms with van der Waals surface area (Å²) in [5.41, 5.74) is 2.37. The summed E-state index contributed by atoms with van der Waals surface area (Å²) in [7, 11) is 3.15. The molecule has 0 fully saturated rings. The van der Waals surface area contributed by atoms with Crippen molar-refractivity contribution in [2.24, 2.45) is 0 Å². The number of benzene rings is 3. The highest BCUT2D eigenvalue weighted by atomic mass is 16.5. The number of methoxy groups -OCH3 is 2. The van der Waals surface area contributed by atoms with Crippen LogP contribution in [0.1, 0.15) is 5.56 Å². The van der Waals surface area contributed by atoms with Crippen LogP contribution in [0.2, 0.25) is 0 Å². The number of pyridine rings is 1. The normalized spacial score (nSPS) is 10.6. The van der Waals surface area contributed by atoms with E-state index in [0.29, 0.717) is 47.2 Å². The molecule has 3 aromatic carbocycles. The number of amides is 1. The number of carboxylic acid groups (broad SMARTS) is 1. The molecule has 7 heteroatoms. The molecule has 0 spiro atoms. The average molecular weight is 444 g/mol. The lowest BCUT2D eigenvalue weighted by molar-refractivity contribution is 0.202. The van der Waals surface area contributed by atoms with Crippen LogP contribution < -0.4 is 19.1 Å². The Morgan fingerprint density at radius 1 is 0.909 bits per heavy atom. The van der Waals surface area contributed by atoms with Gasteiger partial charge in [-0.1, -0.05) is 30.3 Å². The van der Waals surface area contributed by atoms with Crippen LogP contribution in [0.5, 0.6) is 23.0 Å². The first-order valence-electron chi connectivity index (χ1n) is 10.4. The zero-order valence-electron chi connectivity index (χ0n) is 18.4. The monoisotopic (exact) mass is 444 g/mol. The largest absolute Gasteiger partial charge is 0.493 e. The van der Waals surface area contributed by atoms with Crippen molar-refractivity contribution in [1.29, 1.82) is 0 Å². The summed E-state index contributed by atoms with van der Waals surface area (Å²) in [6.07, 6.45) is 1.29. The first-order valence-corrected chi connectivity index (χ1v) is 10.4. The molecule has 0 saturated carbocycles. The number of hydrogen-bond donors (Lipinski definition) is 1. The third-order valence-electron chi connectivity index (χ3n) is 5.28. The van der Waals surface area contributed by atoms with Gasteiger partial charge >= 0.3 is 6.09 Å². The molecule has 1 N–H and O–H groups in total. The Balaban J connectivity index is 1.54. The third-order valence-corrected chi connectivity index (χ3v) is 5.28. The molecule has 4 rings (SSSR count). The van der Waals surface area contributed by atoms with Gasteiger partial charge in [-0.25, -0.2) is 4.79 Å². The number of ether oxygens (including phenoxy) is 3. The van der Waals surface area contributed by atoms with Crippen molar-refractivity contribution in [2.75, 3.05) is 25.7 Å². The number of anilines is 1. The van der Waals surface area contributed by atoms with Crippen LogP contribution in [0.3, 0.4) is 0 Å². The van der Waals surface area contributed by atoms with Gasteiger partial charge in [-0.2, -0.15) is 0 Å². The number of nitrogens with zero attached hydrogens (tertiary/aromatic N) is 2. The van der Waals surface area contributed by atoms with Gasteiger partial charge in [-0.05, 0) is 48.4 Å². The van der Waals surface area contributed by atoms with E-state index in [4.69, 9.17) is 14.2 Å². The van der Waals surface area contributed by atoms with Gasteiger partial charge in [0.15, 0.2) is 11.5 Å². The fourth-order valence-electron chi connectivity index (χ4n) is 3.58. The smallest absolute Gasteiger partial charge is 0.411 e. The highest BCUT2D eigenvalue weighted by molar-refractivity contribution is 5.88. The number of aromatic nitrogens is 1. The van der Waals surface area contributed by atoms with Gasteiger partial charge in [-0.15, -0.1) is 0 Å². The maximum atomic E-state index is 11.8. The number of hydrogen-bond acceptors (Lipinski definition) is 5. The maximum absolute atomic E-state index is 11.8. The van der Waals surface area contributed by atoms with Crippen molar-refractivity contribution < 1.29 is 24.1 Å². The molecule has 0 bridgehead atoms. The SMILES string of the molecule is COc1cc2nccc(Oc3ccc(N(CCc4ccccc4)C(=O)O)cc3)c2cc1OC. The van der Waals surface area contributed by atoms with Crippen molar-refractivity contribution in [1.82, 2.24) is 4.98 Å². The van der Waals surface area contributed by atoms with Crippen LogP contribution in [-0.2, 0) is 6.42 Å². The van der Waals surface area contributed by atoms with E-state index in [1.165, 1.54) is 4.90 Å². The van der Waals surface area contributed by atoms with E-state index < -0.39 is 6.09 Å². The average Bonchev–Trinajstić information content (AvgIpc) is 2.85. The molecule has 168 valence electrons. The molecule has 0 aliphatic carbocycles. The lowest BCUT2D eigenvalue weighted by Crippen LogP contribution is -2.31. The molecule has 7 nitrogen and oxygen atoms in total. The Bertz CT molecular complexity index is 1240. The minimum Gasteiger partial charge on any atom is -0.493 e. The fraction of sp³-hybridized carbons (Fsp3) is 0.154. The quantitative estimate of drug-likeness (QED) is 0.371. The number of rotatable bonds is 8.